The van der Waals surface area contributed by atoms with Gasteiger partial charge in [-0.3, -0.25) is 24.2 Å². The molecule has 6 nitrogen and oxygen atoms in total. The van der Waals surface area contributed by atoms with Crippen LogP contribution in [0, 0.1) is 5.41 Å². The highest BCUT2D eigenvalue weighted by atomic mass is 16.4. The molecule has 19 heavy (non-hydrogen) atoms. The van der Waals surface area contributed by atoms with Crippen LogP contribution in [-0.2, 0) is 14.4 Å². The second kappa shape index (κ2) is 4.03. The SMILES string of the molecule is CC1(C(=O)O)CCN(C2CC(=O)N(C3CC3)C2=O)C1. The third-order valence-electron chi connectivity index (χ3n) is 4.53. The number of carbonyl (C=O) groups is 3. The lowest BCUT2D eigenvalue weighted by Crippen LogP contribution is -2.43. The first-order valence-corrected chi connectivity index (χ1v) is 6.76. The first-order chi connectivity index (χ1) is 8.92. The maximum atomic E-state index is 12.3. The Morgan fingerprint density at radius 1 is 1.37 bits per heavy atom. The molecule has 1 aliphatic carbocycles. The number of hydrogen-bond acceptors (Lipinski definition) is 4. The number of amides is 2. The molecule has 0 spiro atoms. The highest BCUT2D eigenvalue weighted by Gasteiger charge is 2.51. The van der Waals surface area contributed by atoms with Crippen molar-refractivity contribution in [3.63, 3.8) is 0 Å². The first kappa shape index (κ1) is 12.6. The van der Waals surface area contributed by atoms with Crippen molar-refractivity contribution in [2.45, 2.75) is 44.7 Å². The maximum absolute atomic E-state index is 12.3. The van der Waals surface area contributed by atoms with Crippen molar-refractivity contribution >= 4 is 17.8 Å². The van der Waals surface area contributed by atoms with Crippen molar-refractivity contribution in [3.05, 3.63) is 0 Å². The van der Waals surface area contributed by atoms with Crippen LogP contribution in [0.2, 0.25) is 0 Å². The van der Waals surface area contributed by atoms with Gasteiger partial charge in [0.2, 0.25) is 11.8 Å². The summed E-state index contributed by atoms with van der Waals surface area (Å²) in [6, 6.07) is -0.326. The van der Waals surface area contributed by atoms with E-state index in [4.69, 9.17) is 0 Å². The van der Waals surface area contributed by atoms with Gasteiger partial charge in [-0.2, -0.15) is 0 Å². The van der Waals surface area contributed by atoms with Gasteiger partial charge in [0.25, 0.3) is 0 Å². The van der Waals surface area contributed by atoms with Crippen LogP contribution in [0.15, 0.2) is 0 Å². The third kappa shape index (κ3) is 1.94. The molecule has 1 saturated carbocycles. The Morgan fingerprint density at radius 2 is 2.05 bits per heavy atom. The minimum atomic E-state index is -0.828. The van der Waals surface area contributed by atoms with E-state index in [1.54, 1.807) is 6.92 Å². The molecule has 0 aromatic heterocycles. The van der Waals surface area contributed by atoms with E-state index in [1.165, 1.54) is 4.90 Å². The molecular weight excluding hydrogens is 248 g/mol. The molecule has 2 amide bonds. The summed E-state index contributed by atoms with van der Waals surface area (Å²) in [4.78, 5) is 38.7. The zero-order valence-corrected chi connectivity index (χ0v) is 11.0. The standard InChI is InChI=1S/C13H18N2O4/c1-13(12(18)19)4-5-14(7-13)9-6-10(16)15(11(9)17)8-2-3-8/h8-9H,2-7H2,1H3,(H,18,19). The minimum Gasteiger partial charge on any atom is -0.481 e. The molecule has 1 N–H and O–H groups in total. The van der Waals surface area contributed by atoms with Crippen molar-refractivity contribution in [2.24, 2.45) is 5.41 Å². The predicted octanol–water partition coefficient (Wildman–Crippen LogP) is 0.0729. The lowest BCUT2D eigenvalue weighted by Gasteiger charge is -2.24. The van der Waals surface area contributed by atoms with E-state index in [2.05, 4.69) is 0 Å². The number of aliphatic carboxylic acids is 1. The van der Waals surface area contributed by atoms with Crippen LogP contribution in [0.25, 0.3) is 0 Å². The van der Waals surface area contributed by atoms with Gasteiger partial charge in [-0.05, 0) is 26.2 Å². The largest absolute Gasteiger partial charge is 0.481 e. The lowest BCUT2D eigenvalue weighted by atomic mass is 9.90. The average Bonchev–Trinajstić information content (AvgIpc) is 3.01. The number of nitrogens with zero attached hydrogens (tertiary/aromatic N) is 2. The molecular formula is C13H18N2O4. The fourth-order valence-electron chi connectivity index (χ4n) is 3.07. The smallest absolute Gasteiger partial charge is 0.310 e. The molecule has 0 bridgehead atoms. The van der Waals surface area contributed by atoms with Crippen LogP contribution in [0.4, 0.5) is 0 Å². The fraction of sp³-hybridized carbons (Fsp3) is 0.769. The minimum absolute atomic E-state index is 0.0959. The topological polar surface area (TPSA) is 77.9 Å². The Morgan fingerprint density at radius 3 is 2.58 bits per heavy atom. The Balaban J connectivity index is 1.73. The fourth-order valence-corrected chi connectivity index (χ4v) is 3.07. The molecule has 104 valence electrons. The van der Waals surface area contributed by atoms with Crippen LogP contribution >= 0.6 is 0 Å². The molecule has 2 unspecified atom stereocenters. The van der Waals surface area contributed by atoms with Crippen molar-refractivity contribution in [1.29, 1.82) is 0 Å². The van der Waals surface area contributed by atoms with Gasteiger partial charge >= 0.3 is 5.97 Å². The Labute approximate surface area is 111 Å². The van der Waals surface area contributed by atoms with E-state index in [1.807, 2.05) is 4.90 Å². The number of likely N-dealkylation sites (tertiary alicyclic amines) is 2. The van der Waals surface area contributed by atoms with E-state index in [0.717, 1.165) is 12.8 Å². The Kier molecular flexibility index (Phi) is 2.67. The molecule has 2 atom stereocenters. The van der Waals surface area contributed by atoms with Gasteiger partial charge in [0.05, 0.1) is 17.9 Å². The summed E-state index contributed by atoms with van der Waals surface area (Å²) in [7, 11) is 0. The molecule has 2 heterocycles. The van der Waals surface area contributed by atoms with Gasteiger partial charge in [0, 0.05) is 19.1 Å². The summed E-state index contributed by atoms with van der Waals surface area (Å²) >= 11 is 0. The highest BCUT2D eigenvalue weighted by molar-refractivity contribution is 6.06. The van der Waals surface area contributed by atoms with Gasteiger partial charge in [-0.25, -0.2) is 0 Å². The molecule has 3 fully saturated rings. The molecule has 6 heteroatoms. The number of imide groups is 1. The maximum Gasteiger partial charge on any atom is 0.310 e. The average molecular weight is 266 g/mol. The van der Waals surface area contributed by atoms with Crippen LogP contribution < -0.4 is 0 Å². The van der Waals surface area contributed by atoms with Crippen LogP contribution in [0.5, 0.6) is 0 Å². The van der Waals surface area contributed by atoms with Crippen molar-refractivity contribution in [1.82, 2.24) is 9.80 Å². The van der Waals surface area contributed by atoms with Crippen molar-refractivity contribution in [3.8, 4) is 0 Å². The second-order valence-electron chi connectivity index (χ2n) is 6.14. The molecule has 0 aromatic carbocycles. The van der Waals surface area contributed by atoms with Gasteiger partial charge in [0.1, 0.15) is 0 Å². The zero-order chi connectivity index (χ0) is 13.8. The van der Waals surface area contributed by atoms with Gasteiger partial charge < -0.3 is 5.11 Å². The van der Waals surface area contributed by atoms with Crippen LogP contribution in [-0.4, -0.2) is 57.9 Å². The quantitative estimate of drug-likeness (QED) is 0.732. The van der Waals surface area contributed by atoms with Crippen molar-refractivity contribution in [2.75, 3.05) is 13.1 Å². The normalized spacial score (nSPS) is 36.3. The van der Waals surface area contributed by atoms with E-state index in [9.17, 15) is 19.5 Å². The van der Waals surface area contributed by atoms with Crippen LogP contribution in [0.3, 0.4) is 0 Å². The number of carboxylic acid groups (broad SMARTS) is 1. The predicted molar refractivity (Wildman–Crippen MR) is 65.2 cm³/mol. The monoisotopic (exact) mass is 266 g/mol. The summed E-state index contributed by atoms with van der Waals surface area (Å²) < 4.78 is 0. The first-order valence-electron chi connectivity index (χ1n) is 6.76. The summed E-state index contributed by atoms with van der Waals surface area (Å²) in [5.41, 5.74) is -0.795. The molecule has 3 aliphatic rings. The molecule has 3 rings (SSSR count). The van der Waals surface area contributed by atoms with Crippen LogP contribution in [0.1, 0.15) is 32.6 Å². The summed E-state index contributed by atoms with van der Waals surface area (Å²) in [6.07, 6.45) is 2.57. The van der Waals surface area contributed by atoms with Gasteiger partial charge in [-0.15, -0.1) is 0 Å². The molecule has 2 saturated heterocycles. The summed E-state index contributed by atoms with van der Waals surface area (Å²) in [5, 5.41) is 9.21. The summed E-state index contributed by atoms with van der Waals surface area (Å²) in [5.74, 6) is -1.05. The Bertz CT molecular complexity index is 460. The second-order valence-corrected chi connectivity index (χ2v) is 6.14. The number of carboxylic acids is 1. The Hall–Kier alpha value is -1.43. The number of carbonyl (C=O) groups excluding carboxylic acids is 2. The highest BCUT2D eigenvalue weighted by Crippen LogP contribution is 2.37. The van der Waals surface area contributed by atoms with Gasteiger partial charge in [-0.1, -0.05) is 0 Å². The van der Waals surface area contributed by atoms with E-state index in [-0.39, 0.29) is 24.3 Å². The number of hydrogen-bond donors (Lipinski definition) is 1. The van der Waals surface area contributed by atoms with Crippen molar-refractivity contribution < 1.29 is 19.5 Å². The van der Waals surface area contributed by atoms with Gasteiger partial charge in [0.15, 0.2) is 0 Å². The number of rotatable bonds is 3. The molecule has 0 radical (unpaired) electrons. The molecule has 2 aliphatic heterocycles. The summed E-state index contributed by atoms with van der Waals surface area (Å²) in [6.45, 7) is 2.63. The van der Waals surface area contributed by atoms with E-state index in [0.29, 0.717) is 19.5 Å². The molecule has 0 aromatic rings. The van der Waals surface area contributed by atoms with E-state index >= 15 is 0 Å². The lowest BCUT2D eigenvalue weighted by molar-refractivity contribution is -0.148. The van der Waals surface area contributed by atoms with E-state index < -0.39 is 17.4 Å². The third-order valence-corrected chi connectivity index (χ3v) is 4.53. The zero-order valence-electron chi connectivity index (χ0n) is 11.0.